The van der Waals surface area contributed by atoms with Crippen molar-refractivity contribution in [1.29, 1.82) is 0 Å². The minimum Gasteiger partial charge on any atom is -0.395 e. The molecule has 0 aromatic rings. The molecular weight excluding hydrogens is 142 g/mol. The molecule has 1 aliphatic heterocycles. The predicted molar refractivity (Wildman–Crippen MR) is 43.2 cm³/mol. The van der Waals surface area contributed by atoms with Crippen LogP contribution < -0.4 is 5.32 Å². The van der Waals surface area contributed by atoms with Crippen LogP contribution in [-0.2, 0) is 4.74 Å². The molecule has 3 nitrogen and oxygen atoms in total. The Morgan fingerprint density at radius 2 is 2.45 bits per heavy atom. The van der Waals surface area contributed by atoms with Crippen LogP contribution in [0.25, 0.3) is 0 Å². The summed E-state index contributed by atoms with van der Waals surface area (Å²) in [6, 6.07) is 0. The van der Waals surface area contributed by atoms with Gasteiger partial charge >= 0.3 is 0 Å². The fourth-order valence-corrected chi connectivity index (χ4v) is 1.33. The highest BCUT2D eigenvalue weighted by Crippen LogP contribution is 2.17. The van der Waals surface area contributed by atoms with E-state index in [0.29, 0.717) is 6.54 Å². The van der Waals surface area contributed by atoms with E-state index in [1.807, 2.05) is 0 Å². The number of aliphatic hydroxyl groups is 1. The molecule has 0 spiro atoms. The molecule has 0 aliphatic carbocycles. The first kappa shape index (κ1) is 8.97. The Kier molecular flexibility index (Phi) is 3.83. The Bertz CT molecular complexity index is 108. The van der Waals surface area contributed by atoms with Gasteiger partial charge in [-0.1, -0.05) is 6.92 Å². The summed E-state index contributed by atoms with van der Waals surface area (Å²) in [4.78, 5) is 0. The van der Waals surface area contributed by atoms with Gasteiger partial charge in [-0.3, -0.25) is 5.32 Å². The summed E-state index contributed by atoms with van der Waals surface area (Å²) < 4.78 is 5.43. The van der Waals surface area contributed by atoms with Crippen molar-refractivity contribution in [3.8, 4) is 0 Å². The van der Waals surface area contributed by atoms with E-state index >= 15 is 0 Å². The molecule has 0 amide bonds. The standard InChI is InChI=1S/C8H17NO2/c1-7-2-5-11-8(6-7)9-3-4-10/h7-10H,2-6H2,1H3. The van der Waals surface area contributed by atoms with E-state index in [1.165, 1.54) is 0 Å². The van der Waals surface area contributed by atoms with Gasteiger partial charge in [-0.25, -0.2) is 0 Å². The topological polar surface area (TPSA) is 41.5 Å². The van der Waals surface area contributed by atoms with Gasteiger partial charge in [0.15, 0.2) is 0 Å². The third kappa shape index (κ3) is 3.18. The molecule has 1 saturated heterocycles. The van der Waals surface area contributed by atoms with Gasteiger partial charge in [0.2, 0.25) is 0 Å². The van der Waals surface area contributed by atoms with Gasteiger partial charge in [-0.05, 0) is 18.8 Å². The van der Waals surface area contributed by atoms with Gasteiger partial charge in [-0.2, -0.15) is 0 Å². The van der Waals surface area contributed by atoms with Crippen molar-refractivity contribution in [2.24, 2.45) is 5.92 Å². The van der Waals surface area contributed by atoms with Gasteiger partial charge in [0.05, 0.1) is 6.61 Å². The van der Waals surface area contributed by atoms with E-state index < -0.39 is 0 Å². The summed E-state index contributed by atoms with van der Waals surface area (Å²) in [5.41, 5.74) is 0. The van der Waals surface area contributed by atoms with E-state index in [-0.39, 0.29) is 12.8 Å². The lowest BCUT2D eigenvalue weighted by Gasteiger charge is -2.27. The number of nitrogens with one attached hydrogen (secondary N) is 1. The second kappa shape index (κ2) is 4.70. The molecule has 0 aromatic carbocycles. The molecule has 2 N–H and O–H groups in total. The van der Waals surface area contributed by atoms with Crippen LogP contribution in [0.3, 0.4) is 0 Å². The smallest absolute Gasteiger partial charge is 0.108 e. The largest absolute Gasteiger partial charge is 0.395 e. The quantitative estimate of drug-likeness (QED) is 0.624. The maximum absolute atomic E-state index is 8.54. The van der Waals surface area contributed by atoms with Crippen LogP contribution in [0.1, 0.15) is 19.8 Å². The Morgan fingerprint density at radius 1 is 1.64 bits per heavy atom. The van der Waals surface area contributed by atoms with Gasteiger partial charge in [0, 0.05) is 13.2 Å². The summed E-state index contributed by atoms with van der Waals surface area (Å²) in [6.45, 7) is 3.91. The van der Waals surface area contributed by atoms with Crippen molar-refractivity contribution in [2.75, 3.05) is 19.8 Å². The number of rotatable bonds is 3. The highest BCUT2D eigenvalue weighted by Gasteiger charge is 2.17. The molecule has 0 bridgehead atoms. The molecule has 1 fully saturated rings. The maximum atomic E-state index is 8.54. The zero-order valence-electron chi connectivity index (χ0n) is 7.05. The van der Waals surface area contributed by atoms with Gasteiger partial charge in [0.1, 0.15) is 6.23 Å². The first-order valence-electron chi connectivity index (χ1n) is 4.28. The number of hydrogen-bond acceptors (Lipinski definition) is 3. The van der Waals surface area contributed by atoms with Crippen LogP contribution in [0.5, 0.6) is 0 Å². The number of aliphatic hydroxyl groups excluding tert-OH is 1. The van der Waals surface area contributed by atoms with E-state index in [2.05, 4.69) is 12.2 Å². The molecule has 1 heterocycles. The molecule has 11 heavy (non-hydrogen) atoms. The molecule has 2 unspecified atom stereocenters. The van der Waals surface area contributed by atoms with Crippen molar-refractivity contribution < 1.29 is 9.84 Å². The first-order chi connectivity index (χ1) is 5.33. The van der Waals surface area contributed by atoms with Crippen molar-refractivity contribution in [3.05, 3.63) is 0 Å². The van der Waals surface area contributed by atoms with Crippen molar-refractivity contribution in [2.45, 2.75) is 26.0 Å². The van der Waals surface area contributed by atoms with E-state index in [0.717, 1.165) is 25.4 Å². The second-order valence-corrected chi connectivity index (χ2v) is 3.17. The highest BCUT2D eigenvalue weighted by molar-refractivity contribution is 4.66. The Hall–Kier alpha value is -0.120. The van der Waals surface area contributed by atoms with Crippen molar-refractivity contribution in [1.82, 2.24) is 5.32 Å². The van der Waals surface area contributed by atoms with Crippen LogP contribution in [0.2, 0.25) is 0 Å². The summed E-state index contributed by atoms with van der Waals surface area (Å²) >= 11 is 0. The van der Waals surface area contributed by atoms with Crippen LogP contribution in [0, 0.1) is 5.92 Å². The fraction of sp³-hybridized carbons (Fsp3) is 1.00. The summed E-state index contributed by atoms with van der Waals surface area (Å²) in [6.07, 6.45) is 2.41. The van der Waals surface area contributed by atoms with Crippen LogP contribution in [0.4, 0.5) is 0 Å². The van der Waals surface area contributed by atoms with Crippen LogP contribution in [0.15, 0.2) is 0 Å². The molecule has 0 radical (unpaired) electrons. The Morgan fingerprint density at radius 3 is 3.09 bits per heavy atom. The predicted octanol–water partition coefficient (Wildman–Crippen LogP) is 0.341. The van der Waals surface area contributed by atoms with Crippen LogP contribution >= 0.6 is 0 Å². The molecule has 0 aromatic heterocycles. The lowest BCUT2D eigenvalue weighted by atomic mass is 10.0. The molecule has 2 atom stereocenters. The fourth-order valence-electron chi connectivity index (χ4n) is 1.33. The van der Waals surface area contributed by atoms with E-state index in [4.69, 9.17) is 9.84 Å². The van der Waals surface area contributed by atoms with E-state index in [1.54, 1.807) is 0 Å². The van der Waals surface area contributed by atoms with Gasteiger partial charge in [-0.15, -0.1) is 0 Å². The minimum atomic E-state index is 0.172. The average Bonchev–Trinajstić information content (AvgIpc) is 2.01. The van der Waals surface area contributed by atoms with Crippen molar-refractivity contribution >= 4 is 0 Å². The van der Waals surface area contributed by atoms with Crippen LogP contribution in [-0.4, -0.2) is 31.1 Å². The van der Waals surface area contributed by atoms with E-state index in [9.17, 15) is 0 Å². The summed E-state index contributed by atoms with van der Waals surface area (Å²) in [7, 11) is 0. The molecule has 1 rings (SSSR count). The summed E-state index contributed by atoms with van der Waals surface area (Å²) in [5.74, 6) is 0.750. The number of hydrogen-bond donors (Lipinski definition) is 2. The average molecular weight is 159 g/mol. The normalized spacial score (nSPS) is 32.2. The summed E-state index contributed by atoms with van der Waals surface area (Å²) in [5, 5.41) is 11.7. The lowest BCUT2D eigenvalue weighted by molar-refractivity contribution is -0.0262. The molecule has 1 aliphatic rings. The Balaban J connectivity index is 2.12. The SMILES string of the molecule is CC1CCOC(NCCO)C1. The molecule has 0 saturated carbocycles. The molecule has 3 heteroatoms. The second-order valence-electron chi connectivity index (χ2n) is 3.17. The lowest BCUT2D eigenvalue weighted by Crippen LogP contribution is -2.38. The first-order valence-corrected chi connectivity index (χ1v) is 4.28. The monoisotopic (exact) mass is 159 g/mol. The number of ether oxygens (including phenoxy) is 1. The highest BCUT2D eigenvalue weighted by atomic mass is 16.5. The van der Waals surface area contributed by atoms with Gasteiger partial charge in [0.25, 0.3) is 0 Å². The van der Waals surface area contributed by atoms with Gasteiger partial charge < -0.3 is 9.84 Å². The third-order valence-corrected chi connectivity index (χ3v) is 2.03. The minimum absolute atomic E-state index is 0.172. The maximum Gasteiger partial charge on any atom is 0.108 e. The van der Waals surface area contributed by atoms with Crippen molar-refractivity contribution in [3.63, 3.8) is 0 Å². The third-order valence-electron chi connectivity index (χ3n) is 2.03. The Labute approximate surface area is 67.7 Å². The zero-order chi connectivity index (χ0) is 8.10. The molecular formula is C8H17NO2. The molecule has 66 valence electrons. The zero-order valence-corrected chi connectivity index (χ0v) is 7.05.